The molecular formula is C13H21NO. The minimum absolute atomic E-state index is 0.0844. The first kappa shape index (κ1) is 13.7. The van der Waals surface area contributed by atoms with Gasteiger partial charge in [-0.15, -0.1) is 0 Å². The van der Waals surface area contributed by atoms with Gasteiger partial charge >= 0.3 is 0 Å². The minimum atomic E-state index is 0.0844. The second-order valence-electron chi connectivity index (χ2n) is 3.51. The summed E-state index contributed by atoms with van der Waals surface area (Å²) < 4.78 is 0. The first-order valence-electron chi connectivity index (χ1n) is 5.53. The van der Waals surface area contributed by atoms with E-state index in [9.17, 15) is 4.79 Å². The molecule has 0 fully saturated rings. The van der Waals surface area contributed by atoms with Crippen molar-refractivity contribution in [3.05, 3.63) is 30.3 Å². The molecule has 0 spiro atoms. The molecule has 2 nitrogen and oxygen atoms in total. The predicted molar refractivity (Wildman–Crippen MR) is 65.9 cm³/mol. The van der Waals surface area contributed by atoms with Crippen molar-refractivity contribution in [3.63, 3.8) is 0 Å². The third-order valence-electron chi connectivity index (χ3n) is 1.65. The lowest BCUT2D eigenvalue weighted by molar-refractivity contribution is -0.116. The van der Waals surface area contributed by atoms with Crippen LogP contribution < -0.4 is 5.32 Å². The van der Waals surface area contributed by atoms with Gasteiger partial charge in [-0.1, -0.05) is 45.9 Å². The molecule has 0 atom stereocenters. The standard InChI is InChI=1S/C11H15NO.C2H6/c1-9(2)8-11(13)12-10-6-4-3-5-7-10;1-2/h3-7,9H,8H2,1-2H3,(H,12,13);1-2H3. The summed E-state index contributed by atoms with van der Waals surface area (Å²) in [5, 5.41) is 2.83. The maximum atomic E-state index is 11.3. The Morgan fingerprint density at radius 2 is 1.73 bits per heavy atom. The highest BCUT2D eigenvalue weighted by Gasteiger charge is 2.03. The number of amides is 1. The Morgan fingerprint density at radius 3 is 2.20 bits per heavy atom. The summed E-state index contributed by atoms with van der Waals surface area (Å²) in [5.41, 5.74) is 0.869. The SMILES string of the molecule is CC.CC(C)CC(=O)Nc1ccccc1. The average molecular weight is 207 g/mol. The van der Waals surface area contributed by atoms with Gasteiger partial charge in [-0.3, -0.25) is 4.79 Å². The highest BCUT2D eigenvalue weighted by atomic mass is 16.1. The summed E-state index contributed by atoms with van der Waals surface area (Å²) in [6, 6.07) is 9.52. The number of hydrogen-bond donors (Lipinski definition) is 1. The zero-order valence-corrected chi connectivity index (χ0v) is 10.1. The number of carbonyl (C=O) groups excluding carboxylic acids is 1. The molecule has 0 radical (unpaired) electrons. The Bertz CT molecular complexity index is 267. The van der Waals surface area contributed by atoms with Crippen LogP contribution in [0.1, 0.15) is 34.1 Å². The van der Waals surface area contributed by atoms with Crippen molar-refractivity contribution in [2.24, 2.45) is 5.92 Å². The Hall–Kier alpha value is -1.31. The molecule has 0 saturated heterocycles. The lowest BCUT2D eigenvalue weighted by atomic mass is 10.1. The molecule has 0 heterocycles. The summed E-state index contributed by atoms with van der Waals surface area (Å²) in [4.78, 5) is 11.3. The highest BCUT2D eigenvalue weighted by Crippen LogP contribution is 2.07. The van der Waals surface area contributed by atoms with Crippen LogP contribution in [0.3, 0.4) is 0 Å². The Kier molecular flexibility index (Phi) is 7.33. The van der Waals surface area contributed by atoms with Crippen molar-refractivity contribution in [1.82, 2.24) is 0 Å². The summed E-state index contributed by atoms with van der Waals surface area (Å²) in [6.45, 7) is 8.06. The molecule has 0 aliphatic heterocycles. The fourth-order valence-electron chi connectivity index (χ4n) is 1.10. The lowest BCUT2D eigenvalue weighted by Crippen LogP contribution is -2.13. The smallest absolute Gasteiger partial charge is 0.224 e. The molecule has 0 saturated carbocycles. The van der Waals surface area contributed by atoms with Crippen LogP contribution in [0.5, 0.6) is 0 Å². The second kappa shape index (κ2) is 8.04. The fraction of sp³-hybridized carbons (Fsp3) is 0.462. The van der Waals surface area contributed by atoms with Crippen LogP contribution in [0.15, 0.2) is 30.3 Å². The normalized spacial score (nSPS) is 9.13. The molecule has 1 rings (SSSR count). The summed E-state index contributed by atoms with van der Waals surface area (Å²) in [5.74, 6) is 0.491. The van der Waals surface area contributed by atoms with Gasteiger partial charge in [0.05, 0.1) is 0 Å². The predicted octanol–water partition coefficient (Wildman–Crippen LogP) is 3.70. The van der Waals surface area contributed by atoms with Gasteiger partial charge in [0, 0.05) is 12.1 Å². The monoisotopic (exact) mass is 207 g/mol. The molecule has 15 heavy (non-hydrogen) atoms. The van der Waals surface area contributed by atoms with E-state index in [-0.39, 0.29) is 5.91 Å². The Morgan fingerprint density at radius 1 is 1.20 bits per heavy atom. The molecule has 0 aromatic heterocycles. The second-order valence-corrected chi connectivity index (χ2v) is 3.51. The molecule has 84 valence electrons. The third kappa shape index (κ3) is 6.72. The lowest BCUT2D eigenvalue weighted by Gasteiger charge is -2.06. The van der Waals surface area contributed by atoms with Crippen molar-refractivity contribution in [1.29, 1.82) is 0 Å². The average Bonchev–Trinajstić information content (AvgIpc) is 2.21. The van der Waals surface area contributed by atoms with Gasteiger partial charge < -0.3 is 5.32 Å². The van der Waals surface area contributed by atoms with Gasteiger partial charge in [-0.2, -0.15) is 0 Å². The topological polar surface area (TPSA) is 29.1 Å². The number of rotatable bonds is 3. The third-order valence-corrected chi connectivity index (χ3v) is 1.65. The van der Waals surface area contributed by atoms with Gasteiger partial charge in [0.15, 0.2) is 0 Å². The first-order chi connectivity index (χ1) is 7.18. The molecule has 1 amide bonds. The maximum absolute atomic E-state index is 11.3. The van der Waals surface area contributed by atoms with Crippen LogP contribution in [-0.2, 0) is 4.79 Å². The van der Waals surface area contributed by atoms with E-state index in [2.05, 4.69) is 5.32 Å². The van der Waals surface area contributed by atoms with Crippen molar-refractivity contribution in [2.45, 2.75) is 34.1 Å². The molecule has 1 aromatic carbocycles. The van der Waals surface area contributed by atoms with E-state index >= 15 is 0 Å². The number of benzene rings is 1. The number of hydrogen-bond acceptors (Lipinski definition) is 1. The molecule has 0 bridgehead atoms. The van der Waals surface area contributed by atoms with Crippen molar-refractivity contribution < 1.29 is 4.79 Å². The van der Waals surface area contributed by atoms with Gasteiger partial charge in [0.25, 0.3) is 0 Å². The minimum Gasteiger partial charge on any atom is -0.326 e. The van der Waals surface area contributed by atoms with Crippen LogP contribution in [0.25, 0.3) is 0 Å². The van der Waals surface area contributed by atoms with Gasteiger partial charge in [-0.05, 0) is 18.1 Å². The fourth-order valence-corrected chi connectivity index (χ4v) is 1.10. The molecule has 1 N–H and O–H groups in total. The van der Waals surface area contributed by atoms with Crippen molar-refractivity contribution >= 4 is 11.6 Å². The maximum Gasteiger partial charge on any atom is 0.224 e. The van der Waals surface area contributed by atoms with E-state index in [1.165, 1.54) is 0 Å². The molecule has 0 unspecified atom stereocenters. The molecular weight excluding hydrogens is 186 g/mol. The van der Waals surface area contributed by atoms with Crippen LogP contribution in [0.4, 0.5) is 5.69 Å². The molecule has 0 aliphatic carbocycles. The zero-order chi connectivity index (χ0) is 11.7. The number of para-hydroxylation sites is 1. The van der Waals surface area contributed by atoms with Crippen LogP contribution in [-0.4, -0.2) is 5.91 Å². The number of carbonyl (C=O) groups is 1. The van der Waals surface area contributed by atoms with Gasteiger partial charge in [-0.25, -0.2) is 0 Å². The van der Waals surface area contributed by atoms with Crippen molar-refractivity contribution in [2.75, 3.05) is 5.32 Å². The van der Waals surface area contributed by atoms with Crippen LogP contribution in [0, 0.1) is 5.92 Å². The molecule has 1 aromatic rings. The van der Waals surface area contributed by atoms with E-state index in [1.54, 1.807) is 0 Å². The van der Waals surface area contributed by atoms with E-state index in [1.807, 2.05) is 58.0 Å². The summed E-state index contributed by atoms with van der Waals surface area (Å²) in [6.07, 6.45) is 0.578. The molecule has 2 heteroatoms. The zero-order valence-electron chi connectivity index (χ0n) is 10.1. The first-order valence-corrected chi connectivity index (χ1v) is 5.53. The highest BCUT2D eigenvalue weighted by molar-refractivity contribution is 5.90. The Balaban J connectivity index is 0.000000921. The molecule has 0 aliphatic rings. The van der Waals surface area contributed by atoms with Gasteiger partial charge in [0.2, 0.25) is 5.91 Å². The van der Waals surface area contributed by atoms with E-state index in [4.69, 9.17) is 0 Å². The van der Waals surface area contributed by atoms with Crippen molar-refractivity contribution in [3.8, 4) is 0 Å². The summed E-state index contributed by atoms with van der Waals surface area (Å²) >= 11 is 0. The Labute approximate surface area is 92.7 Å². The van der Waals surface area contributed by atoms with Crippen LogP contribution in [0.2, 0.25) is 0 Å². The quantitative estimate of drug-likeness (QED) is 0.804. The summed E-state index contributed by atoms with van der Waals surface area (Å²) in [7, 11) is 0. The van der Waals surface area contributed by atoms with Gasteiger partial charge in [0.1, 0.15) is 0 Å². The number of anilines is 1. The van der Waals surface area contributed by atoms with Crippen LogP contribution >= 0.6 is 0 Å². The largest absolute Gasteiger partial charge is 0.326 e. The van der Waals surface area contributed by atoms with E-state index < -0.39 is 0 Å². The van der Waals surface area contributed by atoms with E-state index in [0.29, 0.717) is 12.3 Å². The van der Waals surface area contributed by atoms with E-state index in [0.717, 1.165) is 5.69 Å². The number of nitrogens with one attached hydrogen (secondary N) is 1.